The van der Waals surface area contributed by atoms with Crippen LogP contribution in [0.1, 0.15) is 25.5 Å². The molecular weight excluding hydrogens is 319 g/mol. The van der Waals surface area contributed by atoms with Gasteiger partial charge in [0.25, 0.3) is 0 Å². The number of carbonyl (C=O) groups excluding carboxylic acids is 1. The van der Waals surface area contributed by atoms with Crippen molar-refractivity contribution in [2.45, 2.75) is 19.9 Å². The number of carbonyl (C=O) groups is 1. The quantitative estimate of drug-likeness (QED) is 0.822. The van der Waals surface area contributed by atoms with E-state index in [0.29, 0.717) is 0 Å². The molecule has 0 radical (unpaired) electrons. The summed E-state index contributed by atoms with van der Waals surface area (Å²) in [6.07, 6.45) is 1.71. The summed E-state index contributed by atoms with van der Waals surface area (Å²) in [6.45, 7) is 4.01. The zero-order valence-electron chi connectivity index (χ0n) is 12.8. The Bertz CT molecular complexity index is 630. The van der Waals surface area contributed by atoms with Crippen molar-refractivity contribution in [3.8, 4) is 6.07 Å². The zero-order chi connectivity index (χ0) is 16.5. The SMILES string of the molecule is CN(C(=O)C1C(C=C(Cl)Cl)C1(C)C)C(C#N)c1ccccc1. The molecule has 1 aromatic carbocycles. The number of nitrogens with zero attached hydrogens (tertiary/aromatic N) is 2. The molecule has 3 nitrogen and oxygen atoms in total. The first kappa shape index (κ1) is 16.9. The van der Waals surface area contributed by atoms with Crippen LogP contribution in [-0.2, 0) is 4.79 Å². The third kappa shape index (κ3) is 3.14. The maximum Gasteiger partial charge on any atom is 0.227 e. The van der Waals surface area contributed by atoms with Crippen molar-refractivity contribution in [3.63, 3.8) is 0 Å². The molecule has 5 heteroatoms. The van der Waals surface area contributed by atoms with Crippen molar-refractivity contribution in [2.24, 2.45) is 17.3 Å². The number of halogens is 2. The van der Waals surface area contributed by atoms with Crippen LogP contribution >= 0.6 is 23.2 Å². The van der Waals surface area contributed by atoms with Crippen LogP contribution in [0.5, 0.6) is 0 Å². The van der Waals surface area contributed by atoms with E-state index in [1.165, 1.54) is 4.90 Å². The Kier molecular flexibility index (Phi) is 4.84. The summed E-state index contributed by atoms with van der Waals surface area (Å²) in [5.41, 5.74) is 0.610. The second-order valence-corrected chi connectivity index (χ2v) is 7.18. The lowest BCUT2D eigenvalue weighted by Gasteiger charge is -2.23. The molecule has 116 valence electrons. The average Bonchev–Trinajstić information content (AvgIpc) is 3.00. The summed E-state index contributed by atoms with van der Waals surface area (Å²) in [6, 6.07) is 10.9. The molecule has 1 aliphatic carbocycles. The van der Waals surface area contributed by atoms with E-state index in [9.17, 15) is 10.1 Å². The van der Waals surface area contributed by atoms with Gasteiger partial charge in [0.2, 0.25) is 5.91 Å². The topological polar surface area (TPSA) is 44.1 Å². The lowest BCUT2D eigenvalue weighted by Crippen LogP contribution is -2.33. The Hall–Kier alpha value is -1.50. The Morgan fingerprint density at radius 1 is 1.36 bits per heavy atom. The van der Waals surface area contributed by atoms with Crippen molar-refractivity contribution < 1.29 is 4.79 Å². The van der Waals surface area contributed by atoms with Crippen LogP contribution < -0.4 is 0 Å². The van der Waals surface area contributed by atoms with Gasteiger partial charge in [-0.05, 0) is 23.0 Å². The molecule has 0 heterocycles. The molecule has 1 aliphatic rings. The summed E-state index contributed by atoms with van der Waals surface area (Å²) in [5, 5.41) is 9.44. The Labute approximate surface area is 141 Å². The van der Waals surface area contributed by atoms with Gasteiger partial charge >= 0.3 is 0 Å². The molecule has 1 aromatic rings. The van der Waals surface area contributed by atoms with Crippen LogP contribution in [-0.4, -0.2) is 17.9 Å². The first-order chi connectivity index (χ1) is 10.3. The van der Waals surface area contributed by atoms with Gasteiger partial charge in [-0.15, -0.1) is 0 Å². The second-order valence-electron chi connectivity index (χ2n) is 6.17. The van der Waals surface area contributed by atoms with E-state index in [2.05, 4.69) is 6.07 Å². The molecule has 3 unspecified atom stereocenters. The number of allylic oxidation sites excluding steroid dienone is 1. The van der Waals surface area contributed by atoms with Crippen molar-refractivity contribution >= 4 is 29.1 Å². The van der Waals surface area contributed by atoms with E-state index >= 15 is 0 Å². The monoisotopic (exact) mass is 336 g/mol. The first-order valence-corrected chi connectivity index (χ1v) is 7.80. The van der Waals surface area contributed by atoms with Crippen LogP contribution in [0, 0.1) is 28.6 Å². The number of amides is 1. The van der Waals surface area contributed by atoms with Gasteiger partial charge in [-0.1, -0.05) is 67.4 Å². The van der Waals surface area contributed by atoms with Crippen molar-refractivity contribution in [1.29, 1.82) is 5.26 Å². The lowest BCUT2D eigenvalue weighted by molar-refractivity contribution is -0.133. The molecule has 0 aliphatic heterocycles. The predicted octanol–water partition coefficient (Wildman–Crippen LogP) is 4.30. The molecule has 0 N–H and O–H groups in total. The van der Waals surface area contributed by atoms with Crippen molar-refractivity contribution in [3.05, 3.63) is 46.5 Å². The smallest absolute Gasteiger partial charge is 0.227 e. The number of nitriles is 1. The number of rotatable bonds is 4. The van der Waals surface area contributed by atoms with Gasteiger partial charge in [-0.2, -0.15) is 5.26 Å². The fraction of sp³-hybridized carbons (Fsp3) is 0.412. The van der Waals surface area contributed by atoms with Crippen molar-refractivity contribution in [1.82, 2.24) is 4.90 Å². The highest BCUT2D eigenvalue weighted by Gasteiger charge is 2.61. The fourth-order valence-electron chi connectivity index (χ4n) is 2.96. The largest absolute Gasteiger partial charge is 0.325 e. The molecule has 0 bridgehead atoms. The normalized spacial score (nSPS) is 23.1. The van der Waals surface area contributed by atoms with Crippen LogP contribution in [0.2, 0.25) is 0 Å². The van der Waals surface area contributed by atoms with Crippen LogP contribution in [0.25, 0.3) is 0 Å². The number of hydrogen-bond donors (Lipinski definition) is 0. The van der Waals surface area contributed by atoms with Crippen LogP contribution in [0.4, 0.5) is 0 Å². The highest BCUT2D eigenvalue weighted by atomic mass is 35.5. The fourth-order valence-corrected chi connectivity index (χ4v) is 3.23. The molecule has 1 saturated carbocycles. The Morgan fingerprint density at radius 3 is 2.45 bits per heavy atom. The molecule has 2 rings (SSSR count). The van der Waals surface area contributed by atoms with Gasteiger partial charge in [-0.25, -0.2) is 0 Å². The summed E-state index contributed by atoms with van der Waals surface area (Å²) in [4.78, 5) is 14.3. The summed E-state index contributed by atoms with van der Waals surface area (Å²) >= 11 is 11.4. The molecule has 22 heavy (non-hydrogen) atoms. The highest BCUT2D eigenvalue weighted by molar-refractivity contribution is 6.55. The maximum absolute atomic E-state index is 12.7. The molecule has 0 spiro atoms. The van der Waals surface area contributed by atoms with Gasteiger partial charge in [0.15, 0.2) is 0 Å². The second kappa shape index (κ2) is 6.32. The van der Waals surface area contributed by atoms with Gasteiger partial charge in [-0.3, -0.25) is 4.79 Å². The van der Waals surface area contributed by atoms with Gasteiger partial charge in [0.05, 0.1) is 12.0 Å². The zero-order valence-corrected chi connectivity index (χ0v) is 14.3. The summed E-state index contributed by atoms with van der Waals surface area (Å²) < 4.78 is 0.177. The van der Waals surface area contributed by atoms with Crippen LogP contribution in [0.3, 0.4) is 0 Å². The predicted molar refractivity (Wildman–Crippen MR) is 88.1 cm³/mol. The number of benzene rings is 1. The molecule has 0 saturated heterocycles. The lowest BCUT2D eigenvalue weighted by atomic mass is 10.0. The van der Waals surface area contributed by atoms with Crippen LogP contribution in [0.15, 0.2) is 40.9 Å². The maximum atomic E-state index is 12.7. The third-order valence-electron chi connectivity index (χ3n) is 4.45. The van der Waals surface area contributed by atoms with Gasteiger partial charge < -0.3 is 4.90 Å². The van der Waals surface area contributed by atoms with E-state index < -0.39 is 6.04 Å². The molecule has 3 atom stereocenters. The Balaban J connectivity index is 2.20. The summed E-state index contributed by atoms with van der Waals surface area (Å²) in [5.74, 6) is -0.261. The highest BCUT2D eigenvalue weighted by Crippen LogP contribution is 2.60. The third-order valence-corrected chi connectivity index (χ3v) is 4.71. The minimum Gasteiger partial charge on any atom is -0.325 e. The standard InChI is InChI=1S/C17H18Cl2N2O/c1-17(2)12(9-14(18)19)15(17)16(22)21(3)13(10-20)11-7-5-4-6-8-11/h4-9,12-13,15H,1-3H3. The first-order valence-electron chi connectivity index (χ1n) is 7.04. The van der Waals surface area contributed by atoms with E-state index in [4.69, 9.17) is 23.2 Å². The van der Waals surface area contributed by atoms with Gasteiger partial charge in [0.1, 0.15) is 10.5 Å². The van der Waals surface area contributed by atoms with E-state index in [1.807, 2.05) is 44.2 Å². The minimum atomic E-state index is -0.596. The van der Waals surface area contributed by atoms with E-state index in [-0.39, 0.29) is 27.6 Å². The molecular formula is C17H18Cl2N2O. The molecule has 0 aromatic heterocycles. The van der Waals surface area contributed by atoms with E-state index in [0.717, 1.165) is 5.56 Å². The Morgan fingerprint density at radius 2 is 1.95 bits per heavy atom. The minimum absolute atomic E-state index is 0.00238. The van der Waals surface area contributed by atoms with Gasteiger partial charge in [0, 0.05) is 7.05 Å². The molecule has 1 amide bonds. The van der Waals surface area contributed by atoms with Crippen molar-refractivity contribution in [2.75, 3.05) is 7.05 Å². The van der Waals surface area contributed by atoms with E-state index in [1.54, 1.807) is 13.1 Å². The molecule has 1 fully saturated rings. The number of hydrogen-bond acceptors (Lipinski definition) is 2. The summed E-state index contributed by atoms with van der Waals surface area (Å²) in [7, 11) is 1.67. The average molecular weight is 337 g/mol.